The summed E-state index contributed by atoms with van der Waals surface area (Å²) in [6.07, 6.45) is 4.99. The summed E-state index contributed by atoms with van der Waals surface area (Å²) < 4.78 is 0. The number of hydrogen-bond acceptors (Lipinski definition) is 16. The van der Waals surface area contributed by atoms with Crippen molar-refractivity contribution in [1.82, 2.24) is 39.2 Å². The first-order valence-corrected chi connectivity index (χ1v) is 42.7. The third-order valence-corrected chi connectivity index (χ3v) is 24.8. The van der Waals surface area contributed by atoms with Gasteiger partial charge in [-0.15, -0.1) is 0 Å². The molecule has 0 amide bonds. The standard InChI is InChI=1S/8C12H24NO.10W/c8*1-8-12(6,11(14)9(2)3)13(7)10(4)5;;;;;;;;;;/h8*9-10H,1,8H2,2-7H3;;;;;;;;;;/q8*-1;;;;;;;4*+2. The van der Waals surface area contributed by atoms with E-state index in [1.807, 2.05) is 223 Å². The van der Waals surface area contributed by atoms with Crippen LogP contribution in [-0.4, -0.2) is 234 Å². The first-order chi connectivity index (χ1) is 50.2. The molecule has 0 aromatic carbocycles. The fourth-order valence-corrected chi connectivity index (χ4v) is 13.3. The number of ketones is 8. The summed E-state index contributed by atoms with van der Waals surface area (Å²) in [5.74, 6) is 2.83. The molecule has 724 valence electrons. The maximum atomic E-state index is 12.1. The second-order valence-corrected chi connectivity index (χ2v) is 38.0. The van der Waals surface area contributed by atoms with Crippen LogP contribution in [0.1, 0.15) is 328 Å². The van der Waals surface area contributed by atoms with E-state index in [-0.39, 0.29) is 304 Å². The van der Waals surface area contributed by atoms with E-state index in [4.69, 9.17) is 0 Å². The molecule has 0 rings (SSSR count). The largest absolute Gasteiger partial charge is 2.00 e. The molecule has 0 aromatic rings. The Labute approximate surface area is 904 Å². The minimum atomic E-state index is -0.414. The predicted octanol–water partition coefficient (Wildman–Crippen LogP) is 20.3. The SMILES string of the molecule is [CH2-]CC(C)(C(=O)C(C)C)N(C)C(C)C.[CH2-]CC(C)(C(=O)C(C)C)N(C)C(C)C.[CH2-]CC(C)(C(=O)C(C)C)N(C)C(C)C.[CH2-]CC(C)(C(=O)C(C)C)N(C)C(C)C.[CH2-]CC(C)(C(=O)C(C)C)N(C)C(C)C.[CH2-]CC(C)(C(=O)C(C)C)N(C)C(C)C.[CH2-]CC(C)(C(=O)C(C)C)N(C)C(C)C.[CH2-]CC(C)(C(=O)C(C)C)N(C)C(C)C.[W+2].[W+2].[W+2].[W+2].[W].[W].[W].[W].[W].[W]. The third-order valence-electron chi connectivity index (χ3n) is 24.8. The van der Waals surface area contributed by atoms with Crippen LogP contribution in [0.4, 0.5) is 0 Å². The number of Topliss-reactive ketones (excluding diaryl/α,β-unsaturated/α-hetero) is 8. The fourth-order valence-electron chi connectivity index (χ4n) is 13.3. The molecule has 0 bridgehead atoms. The van der Waals surface area contributed by atoms with Crippen molar-refractivity contribution in [3.8, 4) is 0 Å². The van der Waals surface area contributed by atoms with Gasteiger partial charge in [0, 0.05) is 266 Å². The molecule has 26 heteroatoms. The van der Waals surface area contributed by atoms with Gasteiger partial charge in [0.1, 0.15) is 0 Å². The molecule has 16 nitrogen and oxygen atoms in total. The molecular formula is C96H192N8O8W10. The number of rotatable bonds is 40. The van der Waals surface area contributed by atoms with Gasteiger partial charge in [0.15, 0.2) is 46.3 Å². The molecule has 0 aliphatic rings. The Morgan fingerprint density at radius 1 is 0.172 bits per heavy atom. The smallest absolute Gasteiger partial charge is 0.341 e. The Morgan fingerprint density at radius 3 is 0.246 bits per heavy atom. The van der Waals surface area contributed by atoms with Crippen LogP contribution in [0.15, 0.2) is 0 Å². The maximum Gasteiger partial charge on any atom is 2.00 e. The average Bonchev–Trinajstić information content (AvgIpc) is 0.879. The predicted molar refractivity (Wildman–Crippen MR) is 489 cm³/mol. The number of carbonyl (C=O) groups is 8. The van der Waals surface area contributed by atoms with Crippen molar-refractivity contribution in [2.45, 2.75) is 421 Å². The van der Waals surface area contributed by atoms with Crippen LogP contribution in [0.5, 0.6) is 0 Å². The van der Waals surface area contributed by atoms with Gasteiger partial charge >= 0.3 is 84.3 Å². The van der Waals surface area contributed by atoms with Gasteiger partial charge in [-0.3, -0.25) is 77.6 Å². The zero-order chi connectivity index (χ0) is 92.1. The van der Waals surface area contributed by atoms with Crippen molar-refractivity contribution in [1.29, 1.82) is 0 Å². The molecular weight excluding hydrogens is 3230 g/mol. The molecule has 0 spiro atoms. The zero-order valence-corrected chi connectivity index (χ0v) is 117. The van der Waals surface area contributed by atoms with Crippen LogP contribution in [0.3, 0.4) is 0 Å². The van der Waals surface area contributed by atoms with Crippen molar-refractivity contribution < 1.29 is 249 Å². The van der Waals surface area contributed by atoms with Crippen LogP contribution in [-0.2, 0) is 249 Å². The van der Waals surface area contributed by atoms with Crippen molar-refractivity contribution in [3.05, 3.63) is 55.4 Å². The molecule has 0 aliphatic carbocycles. The second-order valence-electron chi connectivity index (χ2n) is 38.0. The normalized spacial score (nSPS) is 15.1. The van der Waals surface area contributed by atoms with E-state index >= 15 is 0 Å². The van der Waals surface area contributed by atoms with Gasteiger partial charge in [0.25, 0.3) is 0 Å². The molecule has 0 N–H and O–H groups in total. The molecule has 0 aromatic heterocycles. The monoisotopic (exact) mass is 3420 g/mol. The summed E-state index contributed by atoms with van der Waals surface area (Å²) in [7, 11) is 16.0. The van der Waals surface area contributed by atoms with E-state index in [0.717, 1.165) is 0 Å². The van der Waals surface area contributed by atoms with Gasteiger partial charge < -0.3 is 55.4 Å². The summed E-state index contributed by atoms with van der Waals surface area (Å²) in [6, 6.07) is 2.92. The van der Waals surface area contributed by atoms with E-state index in [9.17, 15) is 38.4 Å². The van der Waals surface area contributed by atoms with Gasteiger partial charge in [-0.2, -0.15) is 51.4 Å². The van der Waals surface area contributed by atoms with Crippen molar-refractivity contribution in [2.24, 2.45) is 47.3 Å². The van der Waals surface area contributed by atoms with Gasteiger partial charge in [-0.1, -0.05) is 111 Å². The summed E-state index contributed by atoms with van der Waals surface area (Å²) in [5, 5.41) is 0. The van der Waals surface area contributed by atoms with Gasteiger partial charge in [-0.05, 0) is 223 Å². The number of hydrogen-bond donors (Lipinski definition) is 0. The molecule has 8 unspecified atom stereocenters. The summed E-state index contributed by atoms with van der Waals surface area (Å²) >= 11 is 0. The van der Waals surface area contributed by atoms with Crippen molar-refractivity contribution >= 4 is 46.3 Å². The molecule has 0 radical (unpaired) electrons. The average molecular weight is 3430 g/mol. The van der Waals surface area contributed by atoms with Gasteiger partial charge in [0.2, 0.25) is 0 Å². The Bertz CT molecular complexity index is 2170. The second kappa shape index (κ2) is 78.9. The minimum Gasteiger partial charge on any atom is -0.341 e. The molecule has 0 saturated heterocycles. The van der Waals surface area contributed by atoms with Gasteiger partial charge in [0.05, 0.1) is 0 Å². The van der Waals surface area contributed by atoms with E-state index in [1.54, 1.807) is 0 Å². The van der Waals surface area contributed by atoms with E-state index < -0.39 is 44.3 Å². The van der Waals surface area contributed by atoms with E-state index in [2.05, 4.69) is 205 Å². The topological polar surface area (TPSA) is 162 Å². The molecule has 0 fully saturated rings. The third kappa shape index (κ3) is 53.0. The fraction of sp³-hybridized carbons (Fsp3) is 0.833. The molecule has 0 aliphatic heterocycles. The molecule has 0 heterocycles. The quantitative estimate of drug-likeness (QED) is 0.0532. The van der Waals surface area contributed by atoms with Crippen LogP contribution in [0.2, 0.25) is 0 Å². The first-order valence-electron chi connectivity index (χ1n) is 42.7. The molecule has 122 heavy (non-hydrogen) atoms. The summed E-state index contributed by atoms with van der Waals surface area (Å²) in [6.45, 7) is 112. The van der Waals surface area contributed by atoms with E-state index in [0.29, 0.717) is 99.7 Å². The van der Waals surface area contributed by atoms with Crippen LogP contribution >= 0.6 is 0 Å². The van der Waals surface area contributed by atoms with Crippen LogP contribution < -0.4 is 0 Å². The summed E-state index contributed by atoms with van der Waals surface area (Å²) in [5.41, 5.74) is -3.31. The van der Waals surface area contributed by atoms with Crippen molar-refractivity contribution in [2.75, 3.05) is 56.4 Å². The Kier molecular flexibility index (Phi) is 109. The van der Waals surface area contributed by atoms with Crippen LogP contribution in [0.25, 0.3) is 0 Å². The summed E-state index contributed by atoms with van der Waals surface area (Å²) in [4.78, 5) is 113. The molecule has 8 atom stereocenters. The maximum absolute atomic E-state index is 12.1. The zero-order valence-electron chi connectivity index (χ0n) is 87.5. The Morgan fingerprint density at radius 2 is 0.221 bits per heavy atom. The van der Waals surface area contributed by atoms with Gasteiger partial charge in [-0.25, -0.2) is 0 Å². The van der Waals surface area contributed by atoms with Crippen LogP contribution in [0, 0.1) is 103 Å². The van der Waals surface area contributed by atoms with Crippen molar-refractivity contribution in [3.63, 3.8) is 0 Å². The molecule has 0 saturated carbocycles. The Balaban J connectivity index is -0.0000000626. The number of nitrogens with zero attached hydrogens (tertiary/aromatic N) is 8. The number of likely N-dealkylation sites (N-methyl/N-ethyl adjacent to an activating group) is 8. The number of carbonyl (C=O) groups excluding carboxylic acids is 8. The Hall–Kier alpha value is 3.92. The minimum absolute atomic E-state index is 0. The first kappa shape index (κ1) is 169. The van der Waals surface area contributed by atoms with E-state index in [1.165, 1.54) is 0 Å².